The number of nitrogens with one attached hydrogen (secondary N) is 1. The van der Waals surface area contributed by atoms with Crippen LogP contribution in [0.25, 0.3) is 10.9 Å². The number of nitrogens with zero attached hydrogens (tertiary/aromatic N) is 1. The third-order valence-corrected chi connectivity index (χ3v) is 4.07. The van der Waals surface area contributed by atoms with Crippen molar-refractivity contribution in [2.45, 2.75) is 0 Å². The fourth-order valence-electron chi connectivity index (χ4n) is 1.74. The number of benzene rings is 1. The smallest absolute Gasteiger partial charge is 0.149 e. The fourth-order valence-corrected chi connectivity index (χ4v) is 2.57. The predicted molar refractivity (Wildman–Crippen MR) is 82.1 cm³/mol. The first kappa shape index (κ1) is 14.1. The van der Waals surface area contributed by atoms with E-state index in [0.29, 0.717) is 12.2 Å². The molecule has 0 fully saturated rings. The van der Waals surface area contributed by atoms with Crippen LogP contribution in [0, 0.1) is 0 Å². The third kappa shape index (κ3) is 3.57. The predicted octanol–water partition coefficient (Wildman–Crippen LogP) is 2.04. The molecular weight excluding hydrogens is 330 g/mol. The molecule has 7 heteroatoms. The van der Waals surface area contributed by atoms with Crippen LogP contribution >= 0.6 is 15.9 Å². The Bertz CT molecular complexity index is 711. The number of nitrogens with two attached hydrogens (primary N) is 1. The second-order valence-corrected chi connectivity index (χ2v) is 7.48. The molecule has 3 N–H and O–H groups in total. The van der Waals surface area contributed by atoms with E-state index in [0.717, 1.165) is 21.1 Å². The molecule has 0 saturated heterocycles. The minimum atomic E-state index is -3.00. The highest BCUT2D eigenvalue weighted by atomic mass is 79.9. The zero-order chi connectivity index (χ0) is 14.0. The first-order chi connectivity index (χ1) is 8.87. The van der Waals surface area contributed by atoms with Gasteiger partial charge in [-0.25, -0.2) is 8.42 Å². The lowest BCUT2D eigenvalue weighted by Gasteiger charge is -2.12. The zero-order valence-electron chi connectivity index (χ0n) is 10.4. The molecule has 0 aliphatic rings. The molecule has 5 nitrogen and oxygen atoms in total. The Kier molecular flexibility index (Phi) is 3.96. The van der Waals surface area contributed by atoms with Crippen LogP contribution in [-0.4, -0.2) is 32.0 Å². The van der Waals surface area contributed by atoms with E-state index in [1.54, 1.807) is 6.20 Å². The van der Waals surface area contributed by atoms with Crippen LogP contribution in [0.3, 0.4) is 0 Å². The lowest BCUT2D eigenvalue weighted by atomic mass is 10.1. The van der Waals surface area contributed by atoms with Gasteiger partial charge >= 0.3 is 0 Å². The van der Waals surface area contributed by atoms with Crippen molar-refractivity contribution in [3.8, 4) is 0 Å². The Morgan fingerprint density at radius 3 is 2.84 bits per heavy atom. The van der Waals surface area contributed by atoms with Crippen molar-refractivity contribution in [1.29, 1.82) is 0 Å². The number of anilines is 2. The molecule has 102 valence electrons. The molecule has 0 unspecified atom stereocenters. The van der Waals surface area contributed by atoms with Crippen molar-refractivity contribution in [2.24, 2.45) is 0 Å². The van der Waals surface area contributed by atoms with Crippen LogP contribution in [0.4, 0.5) is 11.4 Å². The highest BCUT2D eigenvalue weighted by molar-refractivity contribution is 9.10. The van der Waals surface area contributed by atoms with Crippen LogP contribution in [0.5, 0.6) is 0 Å². The monoisotopic (exact) mass is 343 g/mol. The van der Waals surface area contributed by atoms with Gasteiger partial charge in [-0.3, -0.25) is 4.98 Å². The molecule has 0 amide bonds. The van der Waals surface area contributed by atoms with Crippen molar-refractivity contribution in [2.75, 3.05) is 29.6 Å². The van der Waals surface area contributed by atoms with E-state index in [2.05, 4.69) is 26.2 Å². The normalized spacial score (nSPS) is 11.7. The number of hydrogen-bond acceptors (Lipinski definition) is 5. The van der Waals surface area contributed by atoms with E-state index in [9.17, 15) is 8.42 Å². The van der Waals surface area contributed by atoms with E-state index in [-0.39, 0.29) is 5.75 Å². The fraction of sp³-hybridized carbons (Fsp3) is 0.250. The summed E-state index contributed by atoms with van der Waals surface area (Å²) in [6.45, 7) is 0.314. The average molecular weight is 344 g/mol. The summed E-state index contributed by atoms with van der Waals surface area (Å²) in [5.41, 5.74) is 7.92. The summed E-state index contributed by atoms with van der Waals surface area (Å²) in [6, 6.07) is 5.67. The van der Waals surface area contributed by atoms with Gasteiger partial charge in [0.2, 0.25) is 0 Å². The second kappa shape index (κ2) is 5.34. The van der Waals surface area contributed by atoms with E-state index in [1.165, 1.54) is 6.26 Å². The molecule has 0 spiro atoms. The number of aromatic nitrogens is 1. The van der Waals surface area contributed by atoms with Gasteiger partial charge < -0.3 is 11.1 Å². The number of fused-ring (bicyclic) bond motifs is 1. The average Bonchev–Trinajstić information content (AvgIpc) is 2.30. The summed E-state index contributed by atoms with van der Waals surface area (Å²) in [5, 5.41) is 3.94. The van der Waals surface area contributed by atoms with Gasteiger partial charge in [-0.15, -0.1) is 0 Å². The van der Waals surface area contributed by atoms with Gasteiger partial charge in [-0.05, 0) is 18.2 Å². The van der Waals surface area contributed by atoms with Gasteiger partial charge in [0, 0.05) is 22.7 Å². The Hall–Kier alpha value is -1.34. The summed E-state index contributed by atoms with van der Waals surface area (Å²) < 4.78 is 23.2. The van der Waals surface area contributed by atoms with Crippen LogP contribution in [0.1, 0.15) is 0 Å². The Morgan fingerprint density at radius 2 is 2.16 bits per heavy atom. The maximum atomic E-state index is 11.1. The maximum absolute atomic E-state index is 11.1. The number of hydrogen-bond donors (Lipinski definition) is 2. The standard InChI is InChI=1S/C12H14BrN3O2S/c1-19(17,18)5-4-15-12-9-6-8(13)2-3-11(9)16-7-10(12)14/h2-3,6-7H,4-5,14H2,1H3,(H,15,16). The van der Waals surface area contributed by atoms with Crippen molar-refractivity contribution in [1.82, 2.24) is 4.98 Å². The molecule has 0 aliphatic heterocycles. The Balaban J connectivity index is 2.35. The molecule has 1 heterocycles. The minimum Gasteiger partial charge on any atom is -0.396 e. The van der Waals surface area contributed by atoms with Crippen molar-refractivity contribution in [3.05, 3.63) is 28.9 Å². The Labute approximate surface area is 120 Å². The third-order valence-electron chi connectivity index (χ3n) is 2.63. The number of rotatable bonds is 4. The molecule has 0 radical (unpaired) electrons. The molecule has 1 aromatic heterocycles. The molecule has 1 aromatic carbocycles. The number of sulfone groups is 1. The maximum Gasteiger partial charge on any atom is 0.149 e. The first-order valence-corrected chi connectivity index (χ1v) is 8.47. The molecule has 2 aromatic rings. The molecule has 0 saturated carbocycles. The van der Waals surface area contributed by atoms with Crippen molar-refractivity contribution < 1.29 is 8.42 Å². The topological polar surface area (TPSA) is 85.1 Å². The van der Waals surface area contributed by atoms with Gasteiger partial charge in [-0.2, -0.15) is 0 Å². The van der Waals surface area contributed by atoms with Gasteiger partial charge in [0.15, 0.2) is 0 Å². The largest absolute Gasteiger partial charge is 0.396 e. The van der Waals surface area contributed by atoms with Gasteiger partial charge in [0.25, 0.3) is 0 Å². The molecule has 0 atom stereocenters. The molecular formula is C12H14BrN3O2S. The summed E-state index contributed by atoms with van der Waals surface area (Å²) in [6.07, 6.45) is 2.78. The molecule has 2 rings (SSSR count). The highest BCUT2D eigenvalue weighted by Crippen LogP contribution is 2.29. The lowest BCUT2D eigenvalue weighted by molar-refractivity contribution is 0.602. The number of nitrogen functional groups attached to an aromatic ring is 1. The van der Waals surface area contributed by atoms with Gasteiger partial charge in [0.05, 0.1) is 28.8 Å². The van der Waals surface area contributed by atoms with Crippen LogP contribution in [0.15, 0.2) is 28.9 Å². The quantitative estimate of drug-likeness (QED) is 0.887. The SMILES string of the molecule is CS(=O)(=O)CCNc1c(N)cnc2ccc(Br)cc12. The van der Waals surface area contributed by atoms with Gasteiger partial charge in [-0.1, -0.05) is 15.9 Å². The lowest BCUT2D eigenvalue weighted by Crippen LogP contribution is -2.15. The van der Waals surface area contributed by atoms with Crippen LogP contribution < -0.4 is 11.1 Å². The first-order valence-electron chi connectivity index (χ1n) is 5.62. The van der Waals surface area contributed by atoms with Crippen molar-refractivity contribution in [3.63, 3.8) is 0 Å². The molecule has 19 heavy (non-hydrogen) atoms. The van der Waals surface area contributed by atoms with E-state index in [4.69, 9.17) is 5.73 Å². The van der Waals surface area contributed by atoms with Crippen LogP contribution in [0.2, 0.25) is 0 Å². The highest BCUT2D eigenvalue weighted by Gasteiger charge is 2.08. The number of halogens is 1. The second-order valence-electron chi connectivity index (χ2n) is 4.31. The minimum absolute atomic E-state index is 0.0598. The van der Waals surface area contributed by atoms with Crippen LogP contribution in [-0.2, 0) is 9.84 Å². The summed E-state index contributed by atoms with van der Waals surface area (Å²) >= 11 is 3.40. The van der Waals surface area contributed by atoms with E-state index < -0.39 is 9.84 Å². The van der Waals surface area contributed by atoms with E-state index in [1.807, 2.05) is 18.2 Å². The summed E-state index contributed by atoms with van der Waals surface area (Å²) in [7, 11) is -3.00. The molecule has 0 aliphatic carbocycles. The summed E-state index contributed by atoms with van der Waals surface area (Å²) in [5.74, 6) is 0.0598. The van der Waals surface area contributed by atoms with Crippen molar-refractivity contribution >= 4 is 48.0 Å². The van der Waals surface area contributed by atoms with Gasteiger partial charge in [0.1, 0.15) is 9.84 Å². The molecule has 0 bridgehead atoms. The summed E-state index contributed by atoms with van der Waals surface area (Å²) in [4.78, 5) is 4.24. The Morgan fingerprint density at radius 1 is 1.42 bits per heavy atom. The zero-order valence-corrected chi connectivity index (χ0v) is 12.8. The number of pyridine rings is 1. The van der Waals surface area contributed by atoms with E-state index >= 15 is 0 Å².